The van der Waals surface area contributed by atoms with E-state index >= 15 is 0 Å². The first-order valence-corrected chi connectivity index (χ1v) is 5.87. The predicted molar refractivity (Wildman–Crippen MR) is 59.9 cm³/mol. The minimum atomic E-state index is -0.267. The molecule has 1 saturated heterocycles. The molecule has 1 heterocycles. The van der Waals surface area contributed by atoms with E-state index in [9.17, 15) is 4.79 Å². The van der Waals surface area contributed by atoms with Gasteiger partial charge >= 0.3 is 6.09 Å². The maximum absolute atomic E-state index is 11.5. The van der Waals surface area contributed by atoms with E-state index in [2.05, 4.69) is 17.4 Å². The van der Waals surface area contributed by atoms with E-state index in [1.54, 1.807) is 0 Å². The first-order valence-electron chi connectivity index (χ1n) is 5.87. The Morgan fingerprint density at radius 1 is 1.19 bits per heavy atom. The molecule has 1 aromatic rings. The molecule has 1 aliphatic carbocycles. The van der Waals surface area contributed by atoms with Gasteiger partial charge in [0.05, 0.1) is 6.04 Å². The van der Waals surface area contributed by atoms with Gasteiger partial charge in [0, 0.05) is 5.92 Å². The SMILES string of the molecule is O=C1N[C@@H](c2ccccc2)[C@H]2CCC[C@H]2O1. The lowest BCUT2D eigenvalue weighted by Crippen LogP contribution is -2.45. The van der Waals surface area contributed by atoms with Crippen molar-refractivity contribution >= 4 is 6.09 Å². The topological polar surface area (TPSA) is 38.3 Å². The highest BCUT2D eigenvalue weighted by molar-refractivity contribution is 5.69. The van der Waals surface area contributed by atoms with Crippen molar-refractivity contribution in [1.29, 1.82) is 0 Å². The minimum absolute atomic E-state index is 0.124. The lowest BCUT2D eigenvalue weighted by molar-refractivity contribution is 0.0316. The van der Waals surface area contributed by atoms with E-state index in [-0.39, 0.29) is 18.2 Å². The fraction of sp³-hybridized carbons (Fsp3) is 0.462. The summed E-state index contributed by atoms with van der Waals surface area (Å²) < 4.78 is 5.31. The number of carbonyl (C=O) groups is 1. The summed E-state index contributed by atoms with van der Waals surface area (Å²) in [4.78, 5) is 11.5. The number of amides is 1. The van der Waals surface area contributed by atoms with Crippen molar-refractivity contribution in [3.8, 4) is 0 Å². The van der Waals surface area contributed by atoms with Gasteiger partial charge in [-0.2, -0.15) is 0 Å². The van der Waals surface area contributed by atoms with Gasteiger partial charge in [-0.15, -0.1) is 0 Å². The first-order chi connectivity index (χ1) is 7.84. The van der Waals surface area contributed by atoms with Crippen molar-refractivity contribution in [3.05, 3.63) is 35.9 Å². The maximum Gasteiger partial charge on any atom is 0.407 e. The fourth-order valence-electron chi connectivity index (χ4n) is 2.88. The molecule has 1 aliphatic heterocycles. The standard InChI is InChI=1S/C13H15NO2/c15-13-14-12(9-5-2-1-3-6-9)10-7-4-8-11(10)16-13/h1-3,5-6,10-12H,4,7-8H2,(H,14,15)/t10-,11+,12-/m0/s1. The molecule has 1 aromatic carbocycles. The summed E-state index contributed by atoms with van der Waals surface area (Å²) in [6, 6.07) is 10.3. The van der Waals surface area contributed by atoms with Gasteiger partial charge in [0.1, 0.15) is 6.10 Å². The molecular formula is C13H15NO2. The van der Waals surface area contributed by atoms with Gasteiger partial charge in [0.2, 0.25) is 0 Å². The smallest absolute Gasteiger partial charge is 0.407 e. The number of benzene rings is 1. The number of hydrogen-bond donors (Lipinski definition) is 1. The summed E-state index contributed by atoms with van der Waals surface area (Å²) in [7, 11) is 0. The monoisotopic (exact) mass is 217 g/mol. The lowest BCUT2D eigenvalue weighted by Gasteiger charge is -2.34. The van der Waals surface area contributed by atoms with Gasteiger partial charge in [0.15, 0.2) is 0 Å². The number of ether oxygens (including phenoxy) is 1. The quantitative estimate of drug-likeness (QED) is 0.785. The Balaban J connectivity index is 1.90. The van der Waals surface area contributed by atoms with Crippen LogP contribution in [0.15, 0.2) is 30.3 Å². The summed E-state index contributed by atoms with van der Waals surface area (Å²) in [5.41, 5.74) is 1.19. The second-order valence-corrected chi connectivity index (χ2v) is 4.57. The molecule has 0 unspecified atom stereocenters. The van der Waals surface area contributed by atoms with Crippen LogP contribution in [0.3, 0.4) is 0 Å². The summed E-state index contributed by atoms with van der Waals surface area (Å²) in [5, 5.41) is 2.94. The fourth-order valence-corrected chi connectivity index (χ4v) is 2.88. The van der Waals surface area contributed by atoms with Crippen molar-refractivity contribution < 1.29 is 9.53 Å². The lowest BCUT2D eigenvalue weighted by atomic mass is 9.89. The highest BCUT2D eigenvalue weighted by Gasteiger charge is 2.41. The molecule has 3 heteroatoms. The molecule has 2 aliphatic rings. The molecule has 0 radical (unpaired) electrons. The van der Waals surface area contributed by atoms with Gasteiger partial charge in [-0.3, -0.25) is 0 Å². The number of alkyl carbamates (subject to hydrolysis) is 1. The second-order valence-electron chi connectivity index (χ2n) is 4.57. The van der Waals surface area contributed by atoms with Gasteiger partial charge in [-0.1, -0.05) is 30.3 Å². The van der Waals surface area contributed by atoms with Crippen molar-refractivity contribution in [2.45, 2.75) is 31.4 Å². The van der Waals surface area contributed by atoms with E-state index in [0.29, 0.717) is 5.92 Å². The Labute approximate surface area is 94.8 Å². The van der Waals surface area contributed by atoms with Crippen molar-refractivity contribution in [3.63, 3.8) is 0 Å². The van der Waals surface area contributed by atoms with Crippen LogP contribution in [0.2, 0.25) is 0 Å². The van der Waals surface area contributed by atoms with Crippen LogP contribution in [0.1, 0.15) is 30.9 Å². The Hall–Kier alpha value is -1.51. The third-order valence-electron chi connectivity index (χ3n) is 3.62. The molecule has 3 rings (SSSR count). The first kappa shape index (κ1) is 9.70. The number of fused-ring (bicyclic) bond motifs is 1. The summed E-state index contributed by atoms with van der Waals surface area (Å²) in [6.07, 6.45) is 3.18. The largest absolute Gasteiger partial charge is 0.446 e. The predicted octanol–water partition coefficient (Wildman–Crippen LogP) is 2.64. The zero-order chi connectivity index (χ0) is 11.0. The minimum Gasteiger partial charge on any atom is -0.446 e. The molecular weight excluding hydrogens is 202 g/mol. The number of rotatable bonds is 1. The summed E-state index contributed by atoms with van der Waals surface area (Å²) >= 11 is 0. The molecule has 2 fully saturated rings. The number of nitrogens with one attached hydrogen (secondary N) is 1. The molecule has 1 saturated carbocycles. The van der Waals surface area contributed by atoms with Crippen molar-refractivity contribution in [1.82, 2.24) is 5.32 Å². The average molecular weight is 217 g/mol. The van der Waals surface area contributed by atoms with Crippen LogP contribution >= 0.6 is 0 Å². The van der Waals surface area contributed by atoms with Gasteiger partial charge in [-0.25, -0.2) is 4.79 Å². The normalized spacial score (nSPS) is 32.8. The van der Waals surface area contributed by atoms with E-state index < -0.39 is 0 Å². The Bertz CT molecular complexity index is 390. The van der Waals surface area contributed by atoms with Gasteiger partial charge in [0.25, 0.3) is 0 Å². The molecule has 84 valence electrons. The van der Waals surface area contributed by atoms with Crippen molar-refractivity contribution in [2.75, 3.05) is 0 Å². The summed E-state index contributed by atoms with van der Waals surface area (Å²) in [6.45, 7) is 0. The maximum atomic E-state index is 11.5. The molecule has 0 aromatic heterocycles. The average Bonchev–Trinajstić information content (AvgIpc) is 2.77. The van der Waals surface area contributed by atoms with Crippen LogP contribution in [0.25, 0.3) is 0 Å². The zero-order valence-corrected chi connectivity index (χ0v) is 9.06. The Kier molecular flexibility index (Phi) is 2.31. The van der Waals surface area contributed by atoms with Crippen LogP contribution in [0, 0.1) is 5.92 Å². The van der Waals surface area contributed by atoms with E-state index in [0.717, 1.165) is 19.3 Å². The van der Waals surface area contributed by atoms with E-state index in [1.165, 1.54) is 5.56 Å². The van der Waals surface area contributed by atoms with E-state index in [4.69, 9.17) is 4.74 Å². The molecule has 16 heavy (non-hydrogen) atoms. The Morgan fingerprint density at radius 3 is 2.81 bits per heavy atom. The molecule has 3 atom stereocenters. The van der Waals surface area contributed by atoms with Crippen LogP contribution in [0.4, 0.5) is 4.79 Å². The number of carbonyl (C=O) groups excluding carboxylic acids is 1. The molecule has 0 spiro atoms. The molecule has 1 N–H and O–H groups in total. The van der Waals surface area contributed by atoms with Crippen LogP contribution < -0.4 is 5.32 Å². The van der Waals surface area contributed by atoms with Crippen molar-refractivity contribution in [2.24, 2.45) is 5.92 Å². The molecule has 3 nitrogen and oxygen atoms in total. The third-order valence-corrected chi connectivity index (χ3v) is 3.62. The summed E-state index contributed by atoms with van der Waals surface area (Å²) in [5.74, 6) is 0.445. The highest BCUT2D eigenvalue weighted by Crippen LogP contribution is 2.40. The van der Waals surface area contributed by atoms with Gasteiger partial charge in [-0.05, 0) is 24.8 Å². The van der Waals surface area contributed by atoms with Crippen LogP contribution in [-0.2, 0) is 4.74 Å². The molecule has 1 amide bonds. The zero-order valence-electron chi connectivity index (χ0n) is 9.06. The third kappa shape index (κ3) is 1.56. The highest BCUT2D eigenvalue weighted by atomic mass is 16.6. The van der Waals surface area contributed by atoms with Gasteiger partial charge < -0.3 is 10.1 Å². The second kappa shape index (κ2) is 3.81. The van der Waals surface area contributed by atoms with Crippen LogP contribution in [-0.4, -0.2) is 12.2 Å². The Morgan fingerprint density at radius 2 is 2.00 bits per heavy atom. The van der Waals surface area contributed by atoms with E-state index in [1.807, 2.05) is 18.2 Å². The molecule has 0 bridgehead atoms. The number of hydrogen-bond acceptors (Lipinski definition) is 2. The van der Waals surface area contributed by atoms with Crippen LogP contribution in [0.5, 0.6) is 0 Å².